The highest BCUT2D eigenvalue weighted by Gasteiger charge is 2.11. The van der Waals surface area contributed by atoms with Crippen molar-refractivity contribution in [2.24, 2.45) is 0 Å². The zero-order valence-corrected chi connectivity index (χ0v) is 14.2. The first-order valence-electron chi connectivity index (χ1n) is 7.82. The second-order valence-electron chi connectivity index (χ2n) is 5.54. The molecule has 2 N–H and O–H groups in total. The molecule has 2 aromatic carbocycles. The second-order valence-corrected chi connectivity index (χ2v) is 5.97. The molecular formula is C19H13ClN4O2. The third kappa shape index (κ3) is 3.36. The van der Waals surface area contributed by atoms with Gasteiger partial charge in [0.25, 0.3) is 5.91 Å². The fraction of sp³-hybridized carbons (Fsp3) is 0. The number of para-hydroxylation sites is 1. The molecule has 26 heavy (non-hydrogen) atoms. The minimum absolute atomic E-state index is 0.243. The molecule has 6 nitrogen and oxygen atoms in total. The number of fused-ring (bicyclic) bond motifs is 1. The van der Waals surface area contributed by atoms with E-state index >= 15 is 0 Å². The van der Waals surface area contributed by atoms with Crippen LogP contribution in [0.4, 0.5) is 5.69 Å². The summed E-state index contributed by atoms with van der Waals surface area (Å²) in [6.07, 6.45) is 3.22. The Morgan fingerprint density at radius 3 is 2.65 bits per heavy atom. The SMILES string of the molecule is O=C(Nc1ccc(Oc2ccc(Cl)cc2)nc1)c1cccc2cn[nH]c12. The Bertz CT molecular complexity index is 1060. The average molecular weight is 365 g/mol. The number of rotatable bonds is 4. The maximum Gasteiger partial charge on any atom is 0.257 e. The first-order chi connectivity index (χ1) is 12.7. The molecule has 4 rings (SSSR count). The van der Waals surface area contributed by atoms with Crippen LogP contribution in [-0.2, 0) is 0 Å². The highest BCUT2D eigenvalue weighted by Crippen LogP contribution is 2.23. The van der Waals surface area contributed by atoms with Crippen molar-refractivity contribution in [3.63, 3.8) is 0 Å². The number of pyridine rings is 1. The van der Waals surface area contributed by atoms with Crippen molar-refractivity contribution in [3.05, 3.63) is 77.6 Å². The normalized spacial score (nSPS) is 10.7. The number of carbonyl (C=O) groups excluding carboxylic acids is 1. The van der Waals surface area contributed by atoms with E-state index in [9.17, 15) is 4.79 Å². The number of anilines is 1. The van der Waals surface area contributed by atoms with Crippen LogP contribution in [0.5, 0.6) is 11.6 Å². The number of benzene rings is 2. The van der Waals surface area contributed by atoms with Crippen molar-refractivity contribution in [3.8, 4) is 11.6 Å². The molecule has 2 aromatic heterocycles. The summed E-state index contributed by atoms with van der Waals surface area (Å²) in [7, 11) is 0. The molecule has 2 heterocycles. The Hall–Kier alpha value is -3.38. The number of hydrogen-bond acceptors (Lipinski definition) is 4. The van der Waals surface area contributed by atoms with Gasteiger partial charge < -0.3 is 10.1 Å². The van der Waals surface area contributed by atoms with Crippen LogP contribution < -0.4 is 10.1 Å². The summed E-state index contributed by atoms with van der Waals surface area (Å²) in [5.41, 5.74) is 1.78. The van der Waals surface area contributed by atoms with Gasteiger partial charge >= 0.3 is 0 Å². The maximum atomic E-state index is 12.5. The Morgan fingerprint density at radius 1 is 1.04 bits per heavy atom. The lowest BCUT2D eigenvalue weighted by molar-refractivity contribution is 0.102. The van der Waals surface area contributed by atoms with Gasteiger partial charge in [-0.2, -0.15) is 5.10 Å². The first-order valence-corrected chi connectivity index (χ1v) is 8.20. The lowest BCUT2D eigenvalue weighted by Gasteiger charge is -2.08. The summed E-state index contributed by atoms with van der Waals surface area (Å²) in [6, 6.07) is 15.8. The first kappa shape index (κ1) is 16.1. The number of aromatic nitrogens is 3. The van der Waals surface area contributed by atoms with Crippen LogP contribution in [0.2, 0.25) is 5.02 Å². The van der Waals surface area contributed by atoms with Crippen LogP contribution in [0.3, 0.4) is 0 Å². The molecule has 0 fully saturated rings. The smallest absolute Gasteiger partial charge is 0.257 e. The van der Waals surface area contributed by atoms with E-state index in [0.29, 0.717) is 33.4 Å². The van der Waals surface area contributed by atoms with Gasteiger partial charge in [0, 0.05) is 16.5 Å². The highest BCUT2D eigenvalue weighted by molar-refractivity contribution is 6.30. The molecule has 0 aliphatic carbocycles. The molecule has 7 heteroatoms. The van der Waals surface area contributed by atoms with Gasteiger partial charge in [-0.1, -0.05) is 23.7 Å². The molecule has 0 aliphatic rings. The number of halogens is 1. The molecule has 0 spiro atoms. The van der Waals surface area contributed by atoms with Gasteiger partial charge in [0.1, 0.15) is 5.75 Å². The Kier molecular flexibility index (Phi) is 4.25. The van der Waals surface area contributed by atoms with E-state index < -0.39 is 0 Å². The van der Waals surface area contributed by atoms with Crippen molar-refractivity contribution in [1.82, 2.24) is 15.2 Å². The van der Waals surface area contributed by atoms with Crippen molar-refractivity contribution >= 4 is 34.1 Å². The standard InChI is InChI=1S/C19H13ClN4O2/c20-13-4-7-15(8-5-13)26-17-9-6-14(11-21-17)23-19(25)16-3-1-2-12-10-22-24-18(12)16/h1-11H,(H,22,24)(H,23,25). The van der Waals surface area contributed by atoms with Crippen LogP contribution in [-0.4, -0.2) is 21.1 Å². The number of H-pyrrole nitrogens is 1. The zero-order chi connectivity index (χ0) is 17.9. The summed E-state index contributed by atoms with van der Waals surface area (Å²) < 4.78 is 5.63. The average Bonchev–Trinajstić information content (AvgIpc) is 3.14. The summed E-state index contributed by atoms with van der Waals surface area (Å²) in [6.45, 7) is 0. The molecule has 0 saturated carbocycles. The lowest BCUT2D eigenvalue weighted by atomic mass is 10.1. The summed E-state index contributed by atoms with van der Waals surface area (Å²) in [5, 5.41) is 11.1. The fourth-order valence-electron chi connectivity index (χ4n) is 2.49. The van der Waals surface area contributed by atoms with Gasteiger partial charge in [-0.3, -0.25) is 9.89 Å². The fourth-order valence-corrected chi connectivity index (χ4v) is 2.62. The molecule has 0 saturated heterocycles. The van der Waals surface area contributed by atoms with Crippen LogP contribution in [0.25, 0.3) is 10.9 Å². The topological polar surface area (TPSA) is 79.9 Å². The number of nitrogens with zero attached hydrogens (tertiary/aromatic N) is 2. The molecule has 0 bridgehead atoms. The molecule has 0 atom stereocenters. The number of amides is 1. The van der Waals surface area contributed by atoms with Crippen LogP contribution in [0, 0.1) is 0 Å². The van der Waals surface area contributed by atoms with Gasteiger partial charge in [-0.25, -0.2) is 4.98 Å². The summed E-state index contributed by atoms with van der Waals surface area (Å²) in [4.78, 5) is 16.7. The lowest BCUT2D eigenvalue weighted by Crippen LogP contribution is -2.12. The highest BCUT2D eigenvalue weighted by atomic mass is 35.5. The van der Waals surface area contributed by atoms with E-state index in [1.165, 1.54) is 6.20 Å². The Morgan fingerprint density at radius 2 is 1.88 bits per heavy atom. The largest absolute Gasteiger partial charge is 0.439 e. The molecule has 0 radical (unpaired) electrons. The van der Waals surface area contributed by atoms with Gasteiger partial charge in [0.15, 0.2) is 0 Å². The molecule has 128 valence electrons. The zero-order valence-electron chi connectivity index (χ0n) is 13.4. The van der Waals surface area contributed by atoms with Crippen molar-refractivity contribution in [1.29, 1.82) is 0 Å². The maximum absolute atomic E-state index is 12.5. The molecule has 0 aliphatic heterocycles. The van der Waals surface area contributed by atoms with Crippen LogP contribution in [0.1, 0.15) is 10.4 Å². The van der Waals surface area contributed by atoms with Crippen LogP contribution in [0.15, 0.2) is 67.0 Å². The number of hydrogen-bond donors (Lipinski definition) is 2. The van der Waals surface area contributed by atoms with E-state index in [2.05, 4.69) is 20.5 Å². The van der Waals surface area contributed by atoms with Gasteiger partial charge in [0.05, 0.1) is 29.2 Å². The van der Waals surface area contributed by atoms with E-state index in [4.69, 9.17) is 16.3 Å². The minimum atomic E-state index is -0.243. The Balaban J connectivity index is 1.48. The predicted octanol–water partition coefficient (Wildman–Crippen LogP) is 4.66. The third-order valence-electron chi connectivity index (χ3n) is 3.75. The minimum Gasteiger partial charge on any atom is -0.439 e. The van der Waals surface area contributed by atoms with Gasteiger partial charge in [-0.05, 0) is 36.4 Å². The Labute approximate surface area is 153 Å². The number of ether oxygens (including phenoxy) is 1. The molecule has 4 aromatic rings. The van der Waals surface area contributed by atoms with Crippen molar-refractivity contribution in [2.45, 2.75) is 0 Å². The molecule has 1 amide bonds. The van der Waals surface area contributed by atoms with Crippen molar-refractivity contribution in [2.75, 3.05) is 5.32 Å². The molecule has 0 unspecified atom stereocenters. The quantitative estimate of drug-likeness (QED) is 0.552. The third-order valence-corrected chi connectivity index (χ3v) is 4.00. The van der Waals surface area contributed by atoms with Crippen molar-refractivity contribution < 1.29 is 9.53 Å². The number of aromatic amines is 1. The van der Waals surface area contributed by atoms with Gasteiger partial charge in [0.2, 0.25) is 5.88 Å². The predicted molar refractivity (Wildman–Crippen MR) is 99.8 cm³/mol. The number of carbonyl (C=O) groups is 1. The van der Waals surface area contributed by atoms with E-state index in [0.717, 1.165) is 5.39 Å². The number of nitrogens with one attached hydrogen (secondary N) is 2. The molecular weight excluding hydrogens is 352 g/mol. The summed E-state index contributed by atoms with van der Waals surface area (Å²) in [5.74, 6) is 0.804. The van der Waals surface area contributed by atoms with E-state index in [1.54, 1.807) is 48.7 Å². The van der Waals surface area contributed by atoms with Crippen LogP contribution >= 0.6 is 11.6 Å². The monoisotopic (exact) mass is 364 g/mol. The second kappa shape index (κ2) is 6.85. The van der Waals surface area contributed by atoms with E-state index in [1.807, 2.05) is 12.1 Å². The van der Waals surface area contributed by atoms with E-state index in [-0.39, 0.29) is 5.91 Å². The van der Waals surface area contributed by atoms with Gasteiger partial charge in [-0.15, -0.1) is 0 Å². The summed E-state index contributed by atoms with van der Waals surface area (Å²) >= 11 is 5.85.